The number of rotatable bonds is 9. The van der Waals surface area contributed by atoms with Crippen LogP contribution in [0.4, 0.5) is 0 Å². The summed E-state index contributed by atoms with van der Waals surface area (Å²) in [5.74, 6) is 0.946. The number of amides is 1. The lowest BCUT2D eigenvalue weighted by molar-refractivity contribution is -0.119. The Morgan fingerprint density at radius 3 is 2.71 bits per heavy atom. The molecule has 1 aromatic rings. The van der Waals surface area contributed by atoms with Crippen molar-refractivity contribution in [3.63, 3.8) is 0 Å². The molecule has 1 rings (SSSR count). The Balaban J connectivity index is 2.36. The van der Waals surface area contributed by atoms with Crippen LogP contribution in [0.25, 0.3) is 0 Å². The zero-order valence-corrected chi connectivity index (χ0v) is 12.8. The first-order chi connectivity index (χ1) is 9.82. The van der Waals surface area contributed by atoms with E-state index in [4.69, 9.17) is 15.2 Å². The van der Waals surface area contributed by atoms with Gasteiger partial charge in [0.1, 0.15) is 24.2 Å². The highest BCUT2D eigenvalue weighted by molar-refractivity contribution is 5.74. The maximum absolute atomic E-state index is 10.9. The first kappa shape index (κ1) is 17.3. The summed E-state index contributed by atoms with van der Waals surface area (Å²) in [5.41, 5.74) is 4.71. The summed E-state index contributed by atoms with van der Waals surface area (Å²) in [6, 6.07) is 7.17. The van der Waals surface area contributed by atoms with Crippen LogP contribution >= 0.6 is 0 Å². The molecule has 4 N–H and O–H groups in total. The number of hydrogen-bond donors (Lipinski definition) is 3. The van der Waals surface area contributed by atoms with Crippen molar-refractivity contribution in [2.75, 3.05) is 20.3 Å². The van der Waals surface area contributed by atoms with Crippen molar-refractivity contribution in [1.29, 1.82) is 0 Å². The lowest BCUT2D eigenvalue weighted by Crippen LogP contribution is -2.46. The van der Waals surface area contributed by atoms with Gasteiger partial charge in [-0.25, -0.2) is 0 Å². The third kappa shape index (κ3) is 6.97. The van der Waals surface area contributed by atoms with Gasteiger partial charge in [-0.1, -0.05) is 6.07 Å². The van der Waals surface area contributed by atoms with Gasteiger partial charge in [0.25, 0.3) is 0 Å². The van der Waals surface area contributed by atoms with Crippen LogP contribution in [0.5, 0.6) is 11.5 Å². The average Bonchev–Trinajstić information content (AvgIpc) is 2.42. The topological polar surface area (TPSA) is 93.8 Å². The minimum absolute atomic E-state index is 0.146. The Morgan fingerprint density at radius 1 is 1.43 bits per heavy atom. The molecule has 118 valence electrons. The molecule has 0 saturated carbocycles. The number of β-amino-alcohol motifs (C(OH)–C–C–N with tert-alkyl or cyclic N) is 1. The number of aliphatic hydroxyl groups excluding tert-OH is 1. The van der Waals surface area contributed by atoms with E-state index in [9.17, 15) is 9.90 Å². The second-order valence-corrected chi connectivity index (χ2v) is 5.55. The monoisotopic (exact) mass is 296 g/mol. The van der Waals surface area contributed by atoms with Crippen molar-refractivity contribution in [2.24, 2.45) is 5.73 Å². The van der Waals surface area contributed by atoms with Crippen LogP contribution in [0, 0.1) is 0 Å². The summed E-state index contributed by atoms with van der Waals surface area (Å²) in [4.78, 5) is 10.9. The second kappa shape index (κ2) is 7.85. The van der Waals surface area contributed by atoms with Crippen LogP contribution in [0.1, 0.15) is 20.3 Å². The van der Waals surface area contributed by atoms with E-state index in [1.54, 1.807) is 19.2 Å². The molecular formula is C15H24N2O4. The van der Waals surface area contributed by atoms with Crippen LogP contribution in [0.15, 0.2) is 24.3 Å². The van der Waals surface area contributed by atoms with Crippen LogP contribution in [0.3, 0.4) is 0 Å². The van der Waals surface area contributed by atoms with E-state index in [0.29, 0.717) is 18.0 Å². The number of nitrogens with two attached hydrogens (primary N) is 1. The third-order valence-corrected chi connectivity index (χ3v) is 2.92. The van der Waals surface area contributed by atoms with Crippen LogP contribution in [-0.2, 0) is 4.79 Å². The van der Waals surface area contributed by atoms with Gasteiger partial charge in [0.2, 0.25) is 5.91 Å². The SMILES string of the molecule is COc1cccc(OCC(O)CNC(C)(C)CC(N)=O)c1. The number of benzene rings is 1. The molecule has 1 unspecified atom stereocenters. The number of methoxy groups -OCH3 is 1. The zero-order chi connectivity index (χ0) is 15.9. The standard InChI is InChI=1S/C15H24N2O4/c1-15(2,8-14(16)19)17-9-11(18)10-21-13-6-4-5-12(7-13)20-3/h4-7,11,17-18H,8-10H2,1-3H3,(H2,16,19). The molecule has 0 heterocycles. The van der Waals surface area contributed by atoms with E-state index in [-0.39, 0.29) is 18.9 Å². The largest absolute Gasteiger partial charge is 0.497 e. The number of aliphatic hydroxyl groups is 1. The van der Waals surface area contributed by atoms with Gasteiger partial charge in [0.05, 0.1) is 7.11 Å². The molecule has 0 bridgehead atoms. The number of carbonyl (C=O) groups excluding carboxylic acids is 1. The lowest BCUT2D eigenvalue weighted by atomic mass is 10.0. The fourth-order valence-electron chi connectivity index (χ4n) is 1.83. The van der Waals surface area contributed by atoms with Crippen molar-refractivity contribution in [1.82, 2.24) is 5.32 Å². The Kier molecular flexibility index (Phi) is 6.45. The molecule has 0 aliphatic heterocycles. The third-order valence-electron chi connectivity index (χ3n) is 2.92. The number of ether oxygens (including phenoxy) is 2. The summed E-state index contributed by atoms with van der Waals surface area (Å²) >= 11 is 0. The molecule has 6 nitrogen and oxygen atoms in total. The summed E-state index contributed by atoms with van der Waals surface area (Å²) in [6.07, 6.45) is -0.487. The van der Waals surface area contributed by atoms with Crippen molar-refractivity contribution in [3.8, 4) is 11.5 Å². The van der Waals surface area contributed by atoms with Gasteiger partial charge in [-0.3, -0.25) is 4.79 Å². The van der Waals surface area contributed by atoms with E-state index < -0.39 is 11.6 Å². The molecule has 1 amide bonds. The van der Waals surface area contributed by atoms with Crippen LogP contribution in [-0.4, -0.2) is 42.9 Å². The molecule has 6 heteroatoms. The molecule has 1 atom stereocenters. The maximum Gasteiger partial charge on any atom is 0.219 e. The molecule has 0 aliphatic rings. The van der Waals surface area contributed by atoms with Gasteiger partial charge in [-0.2, -0.15) is 0 Å². The fourth-order valence-corrected chi connectivity index (χ4v) is 1.83. The van der Waals surface area contributed by atoms with Crippen LogP contribution < -0.4 is 20.5 Å². The highest BCUT2D eigenvalue weighted by Gasteiger charge is 2.21. The normalized spacial score (nSPS) is 12.8. The van der Waals surface area contributed by atoms with Gasteiger partial charge in [0.15, 0.2) is 0 Å². The molecule has 0 radical (unpaired) electrons. The van der Waals surface area contributed by atoms with Crippen LogP contribution in [0.2, 0.25) is 0 Å². The molecule has 1 aromatic carbocycles. The summed E-state index contributed by atoms with van der Waals surface area (Å²) in [5, 5.41) is 13.0. The molecule has 0 saturated heterocycles. The Hall–Kier alpha value is -1.79. The van der Waals surface area contributed by atoms with Gasteiger partial charge < -0.3 is 25.6 Å². The Labute approximate surface area is 125 Å². The molecule has 0 aliphatic carbocycles. The quantitative estimate of drug-likeness (QED) is 0.623. The second-order valence-electron chi connectivity index (χ2n) is 5.55. The van der Waals surface area contributed by atoms with Gasteiger partial charge in [-0.05, 0) is 26.0 Å². The summed E-state index contributed by atoms with van der Waals surface area (Å²) in [6.45, 7) is 4.16. The number of nitrogens with one attached hydrogen (secondary N) is 1. The first-order valence-electron chi connectivity index (χ1n) is 6.80. The average molecular weight is 296 g/mol. The van der Waals surface area contributed by atoms with Gasteiger partial charge >= 0.3 is 0 Å². The molecule has 0 fully saturated rings. The minimum atomic E-state index is -0.691. The van der Waals surface area contributed by atoms with Crippen molar-refractivity contribution >= 4 is 5.91 Å². The predicted molar refractivity (Wildman–Crippen MR) is 80.4 cm³/mol. The van der Waals surface area contributed by atoms with Crippen molar-refractivity contribution < 1.29 is 19.4 Å². The van der Waals surface area contributed by atoms with Crippen molar-refractivity contribution in [3.05, 3.63) is 24.3 Å². The van der Waals surface area contributed by atoms with Gasteiger partial charge in [-0.15, -0.1) is 0 Å². The van der Waals surface area contributed by atoms with E-state index in [0.717, 1.165) is 0 Å². The summed E-state index contributed by atoms with van der Waals surface area (Å²) in [7, 11) is 1.58. The van der Waals surface area contributed by atoms with E-state index >= 15 is 0 Å². The van der Waals surface area contributed by atoms with E-state index in [1.165, 1.54) is 0 Å². The zero-order valence-electron chi connectivity index (χ0n) is 12.8. The lowest BCUT2D eigenvalue weighted by Gasteiger charge is -2.26. The predicted octanol–water partition coefficient (Wildman–Crippen LogP) is 0.678. The van der Waals surface area contributed by atoms with Crippen molar-refractivity contribution in [2.45, 2.75) is 31.9 Å². The molecule has 0 aromatic heterocycles. The number of hydrogen-bond acceptors (Lipinski definition) is 5. The maximum atomic E-state index is 10.9. The molecular weight excluding hydrogens is 272 g/mol. The smallest absolute Gasteiger partial charge is 0.219 e. The van der Waals surface area contributed by atoms with E-state index in [2.05, 4.69) is 5.32 Å². The summed E-state index contributed by atoms with van der Waals surface area (Å²) < 4.78 is 10.6. The number of carbonyl (C=O) groups is 1. The number of primary amides is 1. The fraction of sp³-hybridized carbons (Fsp3) is 0.533. The van der Waals surface area contributed by atoms with Gasteiger partial charge in [0, 0.05) is 24.6 Å². The Bertz CT molecular complexity index is 463. The first-order valence-corrected chi connectivity index (χ1v) is 6.80. The molecule has 21 heavy (non-hydrogen) atoms. The highest BCUT2D eigenvalue weighted by Crippen LogP contribution is 2.18. The van der Waals surface area contributed by atoms with E-state index in [1.807, 2.05) is 26.0 Å². The Morgan fingerprint density at radius 2 is 2.10 bits per heavy atom. The minimum Gasteiger partial charge on any atom is -0.497 e. The highest BCUT2D eigenvalue weighted by atomic mass is 16.5. The molecule has 0 spiro atoms.